The normalized spacial score (nSPS) is 14.7. The Hall–Kier alpha value is -2.57. The fraction of sp³-hybridized carbons (Fsp3) is 0.438. The van der Waals surface area contributed by atoms with Crippen molar-refractivity contribution < 1.29 is 24.2 Å². The highest BCUT2D eigenvalue weighted by Crippen LogP contribution is 2.45. The largest absolute Gasteiger partial charge is 0.482 e. The minimum Gasteiger partial charge on any atom is -0.482 e. The summed E-state index contributed by atoms with van der Waals surface area (Å²) in [5.41, 5.74) is 0.112. The van der Waals surface area contributed by atoms with Gasteiger partial charge in [-0.05, 0) is 37.0 Å². The highest BCUT2D eigenvalue weighted by atomic mass is 16.5. The second-order valence-electron chi connectivity index (χ2n) is 5.49. The molecular formula is C16H20N2O5. The van der Waals surface area contributed by atoms with Crippen LogP contribution in [-0.4, -0.2) is 43.1 Å². The summed E-state index contributed by atoms with van der Waals surface area (Å²) in [7, 11) is 1.53. The molecule has 0 aliphatic heterocycles. The maximum absolute atomic E-state index is 12.1. The van der Waals surface area contributed by atoms with Gasteiger partial charge in [-0.3, -0.25) is 9.59 Å². The average Bonchev–Trinajstić information content (AvgIpc) is 3.35. The number of carbonyl (C=O) groups excluding carboxylic acids is 2. The van der Waals surface area contributed by atoms with Gasteiger partial charge in [-0.15, -0.1) is 0 Å². The number of carbonyl (C=O) groups is 3. The van der Waals surface area contributed by atoms with Crippen molar-refractivity contribution in [3.8, 4) is 5.75 Å². The minimum atomic E-state index is -1.03. The van der Waals surface area contributed by atoms with E-state index in [1.807, 2.05) is 12.1 Å². The van der Waals surface area contributed by atoms with E-state index in [1.165, 1.54) is 7.05 Å². The van der Waals surface area contributed by atoms with Crippen LogP contribution in [0.25, 0.3) is 0 Å². The Labute approximate surface area is 134 Å². The van der Waals surface area contributed by atoms with E-state index in [2.05, 4.69) is 10.6 Å². The summed E-state index contributed by atoms with van der Waals surface area (Å²) >= 11 is 0. The first-order valence-electron chi connectivity index (χ1n) is 7.42. The number of hydrogen-bond acceptors (Lipinski definition) is 4. The van der Waals surface area contributed by atoms with Gasteiger partial charge in [-0.25, -0.2) is 4.79 Å². The summed E-state index contributed by atoms with van der Waals surface area (Å²) in [5.74, 6) is -0.994. The number of rotatable bonds is 8. The molecule has 2 rings (SSSR count). The van der Waals surface area contributed by atoms with Crippen LogP contribution in [0, 0.1) is 5.41 Å². The minimum absolute atomic E-state index is 0.224. The molecule has 124 valence electrons. The van der Waals surface area contributed by atoms with Crippen molar-refractivity contribution in [1.29, 1.82) is 0 Å². The zero-order valence-electron chi connectivity index (χ0n) is 12.9. The molecule has 0 atom stereocenters. The molecule has 1 aromatic rings. The van der Waals surface area contributed by atoms with E-state index in [4.69, 9.17) is 9.84 Å². The van der Waals surface area contributed by atoms with Gasteiger partial charge in [0.1, 0.15) is 11.2 Å². The van der Waals surface area contributed by atoms with Crippen LogP contribution >= 0.6 is 0 Å². The lowest BCUT2D eigenvalue weighted by Gasteiger charge is -2.13. The second kappa shape index (κ2) is 7.13. The number of benzene rings is 1. The Balaban J connectivity index is 1.77. The molecule has 23 heavy (non-hydrogen) atoms. The van der Waals surface area contributed by atoms with Gasteiger partial charge in [0.05, 0.1) is 0 Å². The molecular weight excluding hydrogens is 300 g/mol. The van der Waals surface area contributed by atoms with E-state index in [0.29, 0.717) is 31.6 Å². The van der Waals surface area contributed by atoms with Crippen LogP contribution in [0.2, 0.25) is 0 Å². The number of aliphatic carboxylic acids is 1. The Morgan fingerprint density at radius 2 is 1.83 bits per heavy atom. The number of amides is 2. The highest BCUT2D eigenvalue weighted by Gasteiger charge is 2.55. The van der Waals surface area contributed by atoms with Crippen LogP contribution in [0.4, 0.5) is 0 Å². The molecule has 1 fully saturated rings. The first-order chi connectivity index (χ1) is 11.0. The smallest absolute Gasteiger partial charge is 0.341 e. The van der Waals surface area contributed by atoms with Crippen LogP contribution in [0.15, 0.2) is 24.3 Å². The fourth-order valence-corrected chi connectivity index (χ4v) is 2.31. The summed E-state index contributed by atoms with van der Waals surface area (Å²) in [4.78, 5) is 34.2. The van der Waals surface area contributed by atoms with E-state index in [-0.39, 0.29) is 18.4 Å². The summed E-state index contributed by atoms with van der Waals surface area (Å²) in [6.45, 7) is 0.0594. The lowest BCUT2D eigenvalue weighted by molar-refractivity contribution is -0.139. The van der Waals surface area contributed by atoms with E-state index in [1.54, 1.807) is 12.1 Å². The number of carboxylic acid groups (broad SMARTS) is 1. The zero-order valence-corrected chi connectivity index (χ0v) is 12.9. The molecule has 0 radical (unpaired) electrons. The van der Waals surface area contributed by atoms with Gasteiger partial charge in [-0.1, -0.05) is 12.1 Å². The van der Waals surface area contributed by atoms with Gasteiger partial charge < -0.3 is 20.5 Å². The van der Waals surface area contributed by atoms with Gasteiger partial charge in [0.2, 0.25) is 11.8 Å². The third-order valence-corrected chi connectivity index (χ3v) is 3.83. The molecule has 7 heteroatoms. The van der Waals surface area contributed by atoms with Crippen molar-refractivity contribution in [2.75, 3.05) is 20.2 Å². The Morgan fingerprint density at radius 3 is 2.35 bits per heavy atom. The van der Waals surface area contributed by atoms with Crippen molar-refractivity contribution in [2.24, 2.45) is 5.41 Å². The SMILES string of the molecule is CNC(=O)C1(C(=O)NCCc2ccc(OCC(=O)O)cc2)CC1. The molecule has 7 nitrogen and oxygen atoms in total. The number of hydrogen-bond donors (Lipinski definition) is 3. The van der Waals surface area contributed by atoms with E-state index in [9.17, 15) is 14.4 Å². The Kier molecular flexibility index (Phi) is 5.20. The van der Waals surface area contributed by atoms with Crippen molar-refractivity contribution in [3.63, 3.8) is 0 Å². The number of carboxylic acids is 1. The van der Waals surface area contributed by atoms with E-state index >= 15 is 0 Å². The monoisotopic (exact) mass is 320 g/mol. The third-order valence-electron chi connectivity index (χ3n) is 3.83. The number of nitrogens with one attached hydrogen (secondary N) is 2. The van der Waals surface area contributed by atoms with Crippen molar-refractivity contribution in [1.82, 2.24) is 10.6 Å². The molecule has 3 N–H and O–H groups in total. The van der Waals surface area contributed by atoms with Gasteiger partial charge in [-0.2, -0.15) is 0 Å². The van der Waals surface area contributed by atoms with Crippen LogP contribution < -0.4 is 15.4 Å². The van der Waals surface area contributed by atoms with Gasteiger partial charge in [0.25, 0.3) is 0 Å². The second-order valence-corrected chi connectivity index (χ2v) is 5.49. The maximum atomic E-state index is 12.1. The molecule has 0 spiro atoms. The van der Waals surface area contributed by atoms with Crippen LogP contribution in [0.1, 0.15) is 18.4 Å². The fourth-order valence-electron chi connectivity index (χ4n) is 2.31. The molecule has 1 saturated carbocycles. The first kappa shape index (κ1) is 16.8. The quantitative estimate of drug-likeness (QED) is 0.599. The molecule has 1 aliphatic rings. The molecule has 1 aliphatic carbocycles. The molecule has 0 unspecified atom stereocenters. The molecule has 0 saturated heterocycles. The van der Waals surface area contributed by atoms with Crippen molar-refractivity contribution >= 4 is 17.8 Å². The lowest BCUT2D eigenvalue weighted by Crippen LogP contribution is -2.42. The highest BCUT2D eigenvalue weighted by molar-refractivity contribution is 6.07. The predicted octanol–water partition coefficient (Wildman–Crippen LogP) is 0.335. The van der Waals surface area contributed by atoms with Crippen molar-refractivity contribution in [2.45, 2.75) is 19.3 Å². The molecule has 0 aromatic heterocycles. The molecule has 2 amide bonds. The summed E-state index contributed by atoms with van der Waals surface area (Å²) in [6, 6.07) is 7.00. The summed E-state index contributed by atoms with van der Waals surface area (Å²) < 4.78 is 5.04. The summed E-state index contributed by atoms with van der Waals surface area (Å²) in [5, 5.41) is 13.9. The van der Waals surface area contributed by atoms with Gasteiger partial charge in [0, 0.05) is 13.6 Å². The Morgan fingerprint density at radius 1 is 1.17 bits per heavy atom. The van der Waals surface area contributed by atoms with E-state index < -0.39 is 11.4 Å². The van der Waals surface area contributed by atoms with Crippen LogP contribution in [-0.2, 0) is 20.8 Å². The summed E-state index contributed by atoms with van der Waals surface area (Å²) in [6.07, 6.45) is 1.80. The zero-order chi connectivity index (χ0) is 16.9. The third kappa shape index (κ3) is 4.21. The number of ether oxygens (including phenoxy) is 1. The topological polar surface area (TPSA) is 105 Å². The van der Waals surface area contributed by atoms with Crippen LogP contribution in [0.5, 0.6) is 5.75 Å². The van der Waals surface area contributed by atoms with Gasteiger partial charge >= 0.3 is 5.97 Å². The van der Waals surface area contributed by atoms with Gasteiger partial charge in [0.15, 0.2) is 6.61 Å². The first-order valence-corrected chi connectivity index (χ1v) is 7.42. The Bertz CT molecular complexity index is 593. The molecule has 0 heterocycles. The molecule has 0 bridgehead atoms. The predicted molar refractivity (Wildman–Crippen MR) is 82.0 cm³/mol. The van der Waals surface area contributed by atoms with E-state index in [0.717, 1.165) is 5.56 Å². The standard InChI is InChI=1S/C16H20N2O5/c1-17-14(21)16(7-8-16)15(22)18-9-6-11-2-4-12(5-3-11)23-10-13(19)20/h2-5H,6-10H2,1H3,(H,17,21)(H,18,22)(H,19,20). The average molecular weight is 320 g/mol. The maximum Gasteiger partial charge on any atom is 0.341 e. The lowest BCUT2D eigenvalue weighted by atomic mass is 10.1. The van der Waals surface area contributed by atoms with Crippen molar-refractivity contribution in [3.05, 3.63) is 29.8 Å². The van der Waals surface area contributed by atoms with Crippen LogP contribution in [0.3, 0.4) is 0 Å². The molecule has 1 aromatic carbocycles.